The predicted molar refractivity (Wildman–Crippen MR) is 161 cm³/mol. The van der Waals surface area contributed by atoms with Crippen molar-refractivity contribution in [2.24, 2.45) is 0 Å². The number of rotatable bonds is 8. The highest BCUT2D eigenvalue weighted by Gasteiger charge is 2.52. The molecule has 0 radical (unpaired) electrons. The minimum absolute atomic E-state index is 0.0201. The van der Waals surface area contributed by atoms with Crippen LogP contribution in [-0.4, -0.2) is 47.3 Å². The first-order chi connectivity index (χ1) is 20.1. The number of amides is 1. The monoisotopic (exact) mass is 592 g/mol. The lowest BCUT2D eigenvalue weighted by molar-refractivity contribution is -0.201. The molecule has 1 aliphatic rings. The Morgan fingerprint density at radius 1 is 1.09 bits per heavy atom. The number of hydrogen-bond acceptors (Lipinski definition) is 6. The third kappa shape index (κ3) is 4.82. The molecule has 0 fully saturated rings. The third-order valence-corrected chi connectivity index (χ3v) is 8.35. The second-order valence-electron chi connectivity index (χ2n) is 11.8. The van der Waals surface area contributed by atoms with E-state index in [-0.39, 0.29) is 11.5 Å². The fourth-order valence-electron chi connectivity index (χ4n) is 5.90. The van der Waals surface area contributed by atoms with E-state index in [4.69, 9.17) is 9.72 Å². The van der Waals surface area contributed by atoms with Gasteiger partial charge in [0.1, 0.15) is 17.5 Å². The normalized spacial score (nSPS) is 16.7. The van der Waals surface area contributed by atoms with Gasteiger partial charge in [0.2, 0.25) is 5.91 Å². The van der Waals surface area contributed by atoms with Gasteiger partial charge in [0.25, 0.3) is 0 Å². The van der Waals surface area contributed by atoms with Gasteiger partial charge in [-0.2, -0.15) is 8.78 Å². The van der Waals surface area contributed by atoms with Crippen LogP contribution in [0.15, 0.2) is 60.7 Å². The highest BCUT2D eigenvalue weighted by Crippen LogP contribution is 2.47. The number of anilines is 3. The zero-order valence-electron chi connectivity index (χ0n) is 25.2. The Labute approximate surface area is 248 Å². The van der Waals surface area contributed by atoms with Crippen LogP contribution in [0.1, 0.15) is 56.3 Å². The number of nitrogens with zero attached hydrogens (tertiary/aromatic N) is 4. The van der Waals surface area contributed by atoms with Crippen LogP contribution < -0.4 is 9.80 Å². The average Bonchev–Trinajstić information content (AvgIpc) is 3.11. The Morgan fingerprint density at radius 3 is 2.42 bits per heavy atom. The molecular formula is C33H35F3N4O3. The van der Waals surface area contributed by atoms with Gasteiger partial charge >= 0.3 is 5.92 Å². The molecule has 3 aromatic carbocycles. The van der Waals surface area contributed by atoms with Crippen LogP contribution in [0, 0.1) is 12.7 Å². The number of ether oxygens (including phenoxy) is 1. The molecule has 1 aliphatic heterocycles. The number of benzene rings is 3. The molecule has 1 N–H and O–H groups in total. The fourth-order valence-corrected chi connectivity index (χ4v) is 5.90. The second kappa shape index (κ2) is 10.6. The van der Waals surface area contributed by atoms with Crippen LogP contribution in [0.4, 0.5) is 30.4 Å². The lowest BCUT2D eigenvalue weighted by atomic mass is 9.85. The highest BCUT2D eigenvalue weighted by molar-refractivity contribution is 6.10. The number of hydrogen-bond donors (Lipinski definition) is 1. The molecule has 1 aromatic heterocycles. The maximum Gasteiger partial charge on any atom is 0.306 e. The molecule has 0 bridgehead atoms. The summed E-state index contributed by atoms with van der Waals surface area (Å²) in [6.07, 6.45) is 0. The van der Waals surface area contributed by atoms with E-state index < -0.39 is 41.0 Å². The molecule has 0 saturated heterocycles. The van der Waals surface area contributed by atoms with Crippen molar-refractivity contribution in [3.05, 3.63) is 89.0 Å². The Bertz CT molecular complexity index is 1710. The molecule has 7 nitrogen and oxygen atoms in total. The lowest BCUT2D eigenvalue weighted by Gasteiger charge is -2.35. The Balaban J connectivity index is 1.74. The van der Waals surface area contributed by atoms with Gasteiger partial charge in [-0.25, -0.2) is 14.4 Å². The number of methoxy groups -OCH3 is 1. The van der Waals surface area contributed by atoms with E-state index in [2.05, 4.69) is 4.98 Å². The number of fused-ring (bicyclic) bond motifs is 2. The summed E-state index contributed by atoms with van der Waals surface area (Å²) in [7, 11) is 2.91. The summed E-state index contributed by atoms with van der Waals surface area (Å²) in [6, 6.07) is 15.8. The number of para-hydroxylation sites is 1. The first-order valence-electron chi connectivity index (χ1n) is 14.0. The molecule has 2 atom stereocenters. The van der Waals surface area contributed by atoms with E-state index in [0.29, 0.717) is 33.9 Å². The molecule has 0 saturated carbocycles. The van der Waals surface area contributed by atoms with Gasteiger partial charge in [0.15, 0.2) is 5.60 Å². The van der Waals surface area contributed by atoms with Crippen molar-refractivity contribution in [3.63, 3.8) is 0 Å². The molecule has 0 aliphatic carbocycles. The number of halogens is 3. The summed E-state index contributed by atoms with van der Waals surface area (Å²) in [4.78, 5) is 25.9. The minimum atomic E-state index is -3.96. The van der Waals surface area contributed by atoms with Crippen LogP contribution in [0.25, 0.3) is 10.9 Å². The number of carbonyl (C=O) groups excluding carboxylic acids is 1. The molecule has 4 aromatic rings. The quantitative estimate of drug-likeness (QED) is 0.245. The van der Waals surface area contributed by atoms with E-state index in [1.54, 1.807) is 30.7 Å². The number of aryl methyl sites for hydroxylation is 1. The van der Waals surface area contributed by atoms with E-state index in [1.165, 1.54) is 19.2 Å². The summed E-state index contributed by atoms with van der Waals surface area (Å²) in [6.45, 7) is 7.40. The largest absolute Gasteiger partial charge is 0.381 e. The summed E-state index contributed by atoms with van der Waals surface area (Å²) in [5, 5.41) is 11.1. The van der Waals surface area contributed by atoms with Crippen LogP contribution >= 0.6 is 0 Å². The van der Waals surface area contributed by atoms with Crippen molar-refractivity contribution in [3.8, 4) is 0 Å². The molecular weight excluding hydrogens is 557 g/mol. The standard InChI is InChI=1S/C33H35F3N4O3/c1-19(22-14-11-15-24(28(22)34)33(35,36)32(5,42)18-43-7)40(21-12-9-8-10-13-21)29-23-16-27-25(17-26(23)37-20(2)38-29)31(3,4)30(41)39(27)6/h8-17,19,42H,18H2,1-7H3/t19-,32?/m1/s1. The van der Waals surface area contributed by atoms with E-state index in [0.717, 1.165) is 18.6 Å². The zero-order chi connectivity index (χ0) is 31.5. The first kappa shape index (κ1) is 30.4. The van der Waals surface area contributed by atoms with Gasteiger partial charge < -0.3 is 19.6 Å². The maximum absolute atomic E-state index is 16.2. The van der Waals surface area contributed by atoms with Crippen molar-refractivity contribution in [1.82, 2.24) is 9.97 Å². The van der Waals surface area contributed by atoms with Crippen LogP contribution in [0.3, 0.4) is 0 Å². The molecule has 5 rings (SSSR count). The van der Waals surface area contributed by atoms with E-state index in [9.17, 15) is 9.90 Å². The lowest BCUT2D eigenvalue weighted by Crippen LogP contribution is -2.47. The van der Waals surface area contributed by atoms with Gasteiger partial charge in [-0.15, -0.1) is 0 Å². The van der Waals surface area contributed by atoms with E-state index in [1.807, 2.05) is 56.3 Å². The topological polar surface area (TPSA) is 78.8 Å². The van der Waals surface area contributed by atoms with Crippen molar-refractivity contribution in [2.45, 2.75) is 57.6 Å². The summed E-state index contributed by atoms with van der Waals surface area (Å²) >= 11 is 0. The Kier molecular flexibility index (Phi) is 7.51. The van der Waals surface area contributed by atoms with Crippen molar-refractivity contribution < 1.29 is 27.8 Å². The SMILES string of the molecule is COCC(C)(O)C(F)(F)c1cccc([C@@H](C)N(c2ccccc2)c2nc(C)nc3cc4c(cc23)N(C)C(=O)C4(C)C)c1F. The number of likely N-dealkylation sites (N-methyl/N-ethyl adjacent to an activating group) is 1. The van der Waals surface area contributed by atoms with Crippen LogP contribution in [-0.2, 0) is 20.9 Å². The summed E-state index contributed by atoms with van der Waals surface area (Å²) in [5.74, 6) is -4.27. The number of carbonyl (C=O) groups is 1. The van der Waals surface area contributed by atoms with Gasteiger partial charge in [-0.3, -0.25) is 4.79 Å². The molecule has 43 heavy (non-hydrogen) atoms. The Hall–Kier alpha value is -4.02. The van der Waals surface area contributed by atoms with Gasteiger partial charge in [0.05, 0.1) is 29.1 Å². The molecule has 0 spiro atoms. The number of aliphatic hydroxyl groups is 1. The van der Waals surface area contributed by atoms with E-state index >= 15 is 13.2 Å². The molecule has 10 heteroatoms. The zero-order valence-corrected chi connectivity index (χ0v) is 25.2. The predicted octanol–water partition coefficient (Wildman–Crippen LogP) is 6.72. The van der Waals surface area contributed by atoms with Crippen LogP contribution in [0.2, 0.25) is 0 Å². The van der Waals surface area contributed by atoms with Gasteiger partial charge in [0, 0.05) is 36.5 Å². The molecule has 226 valence electrons. The van der Waals surface area contributed by atoms with Crippen molar-refractivity contribution in [1.29, 1.82) is 0 Å². The number of aromatic nitrogens is 2. The average molecular weight is 593 g/mol. The Morgan fingerprint density at radius 2 is 1.77 bits per heavy atom. The second-order valence-corrected chi connectivity index (χ2v) is 11.8. The van der Waals surface area contributed by atoms with Crippen LogP contribution in [0.5, 0.6) is 0 Å². The van der Waals surface area contributed by atoms with Crippen molar-refractivity contribution in [2.75, 3.05) is 30.6 Å². The fraction of sp³-hybridized carbons (Fsp3) is 0.364. The molecule has 1 unspecified atom stereocenters. The van der Waals surface area contributed by atoms with Crippen molar-refractivity contribution >= 4 is 34.0 Å². The maximum atomic E-state index is 16.2. The number of alkyl halides is 2. The smallest absolute Gasteiger partial charge is 0.306 e. The highest BCUT2D eigenvalue weighted by atomic mass is 19.3. The minimum Gasteiger partial charge on any atom is -0.381 e. The summed E-state index contributed by atoms with van der Waals surface area (Å²) in [5.41, 5.74) is -1.57. The third-order valence-electron chi connectivity index (χ3n) is 8.35. The molecule has 2 heterocycles. The van der Waals surface area contributed by atoms with Gasteiger partial charge in [-0.1, -0.05) is 30.3 Å². The first-order valence-corrected chi connectivity index (χ1v) is 14.0. The summed E-state index contributed by atoms with van der Waals surface area (Å²) < 4.78 is 52.1. The molecule has 1 amide bonds. The van der Waals surface area contributed by atoms with Gasteiger partial charge in [-0.05, 0) is 70.5 Å².